The number of hydrogen-bond donors (Lipinski definition) is 3. The molecule has 0 spiro atoms. The highest BCUT2D eigenvalue weighted by atomic mass is 32.2. The molecule has 0 saturated carbocycles. The van der Waals surface area contributed by atoms with Crippen LogP contribution in [0.5, 0.6) is 0 Å². The third-order valence-electron chi connectivity index (χ3n) is 2.13. The molecule has 2 aromatic heterocycles. The Bertz CT molecular complexity index is 574. The first-order valence-corrected chi connectivity index (χ1v) is 7.23. The number of hydrogen-bond acceptors (Lipinski definition) is 5. The van der Waals surface area contributed by atoms with E-state index in [1.807, 2.05) is 0 Å². The zero-order chi connectivity index (χ0) is 12.3. The van der Waals surface area contributed by atoms with Gasteiger partial charge in [0.2, 0.25) is 10.0 Å². The Balaban J connectivity index is 2.08. The van der Waals surface area contributed by atoms with E-state index in [2.05, 4.69) is 14.7 Å². The minimum Gasteiger partial charge on any atom is -0.347 e. The summed E-state index contributed by atoms with van der Waals surface area (Å²) in [7, 11) is -3.48. The summed E-state index contributed by atoms with van der Waals surface area (Å²) in [6, 6.07) is 1.58. The molecule has 0 aliphatic carbocycles. The van der Waals surface area contributed by atoms with Crippen molar-refractivity contribution in [1.29, 1.82) is 0 Å². The minimum absolute atomic E-state index is 0.142. The Labute approximate surface area is 103 Å². The monoisotopic (exact) mass is 272 g/mol. The van der Waals surface area contributed by atoms with E-state index < -0.39 is 10.0 Å². The third kappa shape index (κ3) is 2.91. The highest BCUT2D eigenvalue weighted by molar-refractivity contribution is 7.89. The molecule has 17 heavy (non-hydrogen) atoms. The molecule has 6 nitrogen and oxygen atoms in total. The second-order valence-electron chi connectivity index (χ2n) is 3.31. The lowest BCUT2D eigenvalue weighted by molar-refractivity contribution is 0.580. The molecule has 2 heterocycles. The van der Waals surface area contributed by atoms with Crippen molar-refractivity contribution in [1.82, 2.24) is 14.7 Å². The van der Waals surface area contributed by atoms with Crippen LogP contribution in [0.1, 0.15) is 10.7 Å². The van der Waals surface area contributed by atoms with E-state index in [1.165, 1.54) is 11.3 Å². The maximum absolute atomic E-state index is 11.9. The van der Waals surface area contributed by atoms with E-state index >= 15 is 0 Å². The van der Waals surface area contributed by atoms with E-state index in [1.54, 1.807) is 23.8 Å². The quantitative estimate of drug-likeness (QED) is 0.733. The van der Waals surface area contributed by atoms with Gasteiger partial charge in [0.1, 0.15) is 5.82 Å². The molecule has 2 aromatic rings. The van der Waals surface area contributed by atoms with Crippen LogP contribution in [0.15, 0.2) is 28.7 Å². The Kier molecular flexibility index (Phi) is 3.57. The summed E-state index contributed by atoms with van der Waals surface area (Å²) in [5, 5.41) is 1.58. The third-order valence-corrected chi connectivity index (χ3v) is 4.61. The van der Waals surface area contributed by atoms with Crippen molar-refractivity contribution < 1.29 is 8.42 Å². The van der Waals surface area contributed by atoms with Gasteiger partial charge in [-0.3, -0.25) is 0 Å². The molecule has 0 saturated heterocycles. The summed E-state index contributed by atoms with van der Waals surface area (Å²) >= 11 is 1.33. The molecule has 0 radical (unpaired) electrons. The fourth-order valence-corrected chi connectivity index (χ4v) is 3.39. The normalized spacial score (nSPS) is 11.8. The van der Waals surface area contributed by atoms with Crippen LogP contribution >= 0.6 is 11.3 Å². The second kappa shape index (κ2) is 4.96. The maximum atomic E-state index is 11.9. The Morgan fingerprint density at radius 3 is 2.94 bits per heavy atom. The highest BCUT2D eigenvalue weighted by Crippen LogP contribution is 2.18. The van der Waals surface area contributed by atoms with Gasteiger partial charge in [-0.2, -0.15) is 0 Å². The van der Waals surface area contributed by atoms with Crippen LogP contribution in [-0.4, -0.2) is 18.4 Å². The molecule has 2 rings (SSSR count). The fourth-order valence-electron chi connectivity index (χ4n) is 1.25. The summed E-state index contributed by atoms with van der Waals surface area (Å²) < 4.78 is 26.2. The van der Waals surface area contributed by atoms with Gasteiger partial charge < -0.3 is 10.7 Å². The molecular weight excluding hydrogens is 260 g/mol. The molecule has 0 aromatic carbocycles. The van der Waals surface area contributed by atoms with Gasteiger partial charge in [-0.15, -0.1) is 11.3 Å². The van der Waals surface area contributed by atoms with Crippen molar-refractivity contribution in [2.24, 2.45) is 5.73 Å². The smallest absolute Gasteiger partial charge is 0.241 e. The molecule has 0 atom stereocenters. The number of nitrogens with zero attached hydrogens (tertiary/aromatic N) is 1. The van der Waals surface area contributed by atoms with Gasteiger partial charge in [-0.05, 0) is 6.07 Å². The molecule has 0 unspecified atom stereocenters. The maximum Gasteiger partial charge on any atom is 0.241 e. The van der Waals surface area contributed by atoms with Crippen LogP contribution in [0, 0.1) is 0 Å². The largest absolute Gasteiger partial charge is 0.347 e. The summed E-state index contributed by atoms with van der Waals surface area (Å²) in [6.45, 7) is 0.488. The molecule has 0 amide bonds. The predicted octanol–water partition coefficient (Wildman–Crippen LogP) is 0.408. The van der Waals surface area contributed by atoms with Crippen molar-refractivity contribution >= 4 is 21.4 Å². The topological polar surface area (TPSA) is 101 Å². The standard InChI is InChI=1S/C9H12N4O2S2/c10-4-7-3-8(6-16-7)17(14,15)13-5-9-11-1-2-12-9/h1-3,6,13H,4-5,10H2,(H,11,12). The van der Waals surface area contributed by atoms with Gasteiger partial charge in [-0.1, -0.05) is 0 Å². The van der Waals surface area contributed by atoms with Crippen molar-refractivity contribution in [3.05, 3.63) is 34.5 Å². The Morgan fingerprint density at radius 2 is 2.35 bits per heavy atom. The van der Waals surface area contributed by atoms with Gasteiger partial charge in [0.25, 0.3) is 0 Å². The lowest BCUT2D eigenvalue weighted by Gasteiger charge is -2.02. The number of H-pyrrole nitrogens is 1. The zero-order valence-electron chi connectivity index (χ0n) is 8.88. The van der Waals surface area contributed by atoms with Crippen LogP contribution in [0.2, 0.25) is 0 Å². The Hall–Kier alpha value is -1.22. The molecule has 92 valence electrons. The number of rotatable bonds is 5. The predicted molar refractivity (Wildman–Crippen MR) is 64.8 cm³/mol. The molecule has 0 bridgehead atoms. The summed E-state index contributed by atoms with van der Waals surface area (Å²) in [5.41, 5.74) is 5.44. The average Bonchev–Trinajstić information content (AvgIpc) is 2.98. The lowest BCUT2D eigenvalue weighted by atomic mass is 10.5. The highest BCUT2D eigenvalue weighted by Gasteiger charge is 2.15. The number of sulfonamides is 1. The fraction of sp³-hybridized carbons (Fsp3) is 0.222. The molecular formula is C9H12N4O2S2. The van der Waals surface area contributed by atoms with Gasteiger partial charge in [-0.25, -0.2) is 18.1 Å². The number of aromatic nitrogens is 2. The number of nitrogens with one attached hydrogen (secondary N) is 2. The lowest BCUT2D eigenvalue weighted by Crippen LogP contribution is -2.23. The molecule has 0 aliphatic rings. The van der Waals surface area contributed by atoms with E-state index in [0.717, 1.165) is 4.88 Å². The number of aromatic amines is 1. The van der Waals surface area contributed by atoms with Crippen molar-refractivity contribution in [2.75, 3.05) is 0 Å². The first-order valence-electron chi connectivity index (χ1n) is 4.87. The van der Waals surface area contributed by atoms with Crippen LogP contribution in [-0.2, 0) is 23.1 Å². The van der Waals surface area contributed by atoms with Crippen LogP contribution < -0.4 is 10.5 Å². The first kappa shape index (κ1) is 12.2. The summed E-state index contributed by atoms with van der Waals surface area (Å²) in [4.78, 5) is 7.84. The van der Waals surface area contributed by atoms with E-state index in [9.17, 15) is 8.42 Å². The zero-order valence-corrected chi connectivity index (χ0v) is 10.5. The number of imidazole rings is 1. The summed E-state index contributed by atoms with van der Waals surface area (Å²) in [5.74, 6) is 0.572. The molecule has 0 fully saturated rings. The molecule has 0 aliphatic heterocycles. The number of nitrogens with two attached hydrogens (primary N) is 1. The van der Waals surface area contributed by atoms with Crippen LogP contribution in [0.3, 0.4) is 0 Å². The molecule has 4 N–H and O–H groups in total. The first-order chi connectivity index (χ1) is 8.12. The minimum atomic E-state index is -3.48. The Morgan fingerprint density at radius 1 is 1.53 bits per heavy atom. The van der Waals surface area contributed by atoms with Gasteiger partial charge >= 0.3 is 0 Å². The van der Waals surface area contributed by atoms with E-state index in [-0.39, 0.29) is 11.4 Å². The summed E-state index contributed by atoms with van der Waals surface area (Å²) in [6.07, 6.45) is 3.21. The average molecular weight is 272 g/mol. The van der Waals surface area contributed by atoms with Gasteiger partial charge in [0.15, 0.2) is 0 Å². The number of thiophene rings is 1. The van der Waals surface area contributed by atoms with Crippen molar-refractivity contribution in [2.45, 2.75) is 18.0 Å². The van der Waals surface area contributed by atoms with E-state index in [4.69, 9.17) is 5.73 Å². The van der Waals surface area contributed by atoms with E-state index in [0.29, 0.717) is 12.4 Å². The van der Waals surface area contributed by atoms with Crippen LogP contribution in [0.25, 0.3) is 0 Å². The SMILES string of the molecule is NCc1cc(S(=O)(=O)NCc2ncc[nH]2)cs1. The second-order valence-corrected chi connectivity index (χ2v) is 6.08. The molecule has 8 heteroatoms. The van der Waals surface area contributed by atoms with Crippen molar-refractivity contribution in [3.8, 4) is 0 Å². The van der Waals surface area contributed by atoms with Crippen LogP contribution in [0.4, 0.5) is 0 Å². The van der Waals surface area contributed by atoms with Crippen molar-refractivity contribution in [3.63, 3.8) is 0 Å². The van der Waals surface area contributed by atoms with Gasteiger partial charge in [0, 0.05) is 29.2 Å². The van der Waals surface area contributed by atoms with Gasteiger partial charge in [0.05, 0.1) is 11.4 Å².